The molecule has 5 aliphatic carbocycles. The zero-order chi connectivity index (χ0) is 23.8. The fourth-order valence-electron chi connectivity index (χ4n) is 10.9. The maximum absolute atomic E-state index is 13.3. The summed E-state index contributed by atoms with van der Waals surface area (Å²) < 4.78 is 0. The zero-order valence-electron chi connectivity index (χ0n) is 21.1. The molecular formula is C29H44O4. The van der Waals surface area contributed by atoms with Crippen LogP contribution in [0.2, 0.25) is 0 Å². The van der Waals surface area contributed by atoms with Crippen LogP contribution in [0.1, 0.15) is 98.3 Å². The van der Waals surface area contributed by atoms with Crippen molar-refractivity contribution in [2.24, 2.45) is 51.2 Å². The van der Waals surface area contributed by atoms with Crippen molar-refractivity contribution in [3.05, 3.63) is 12.2 Å². The van der Waals surface area contributed by atoms with E-state index in [1.807, 2.05) is 0 Å². The molecule has 0 aromatic rings. The fraction of sp³-hybridized carbons (Fsp3) is 0.862. The standard InChI is InChI=1S/C29H44O4/c1-26(2)21-12-15-27(3)19-11-17-29(24(31)9-10-25(32)33)14-5-6-20(29)18(19)7-8-22(27)28(21,4)16-13-23(26)30/h9-10,18-23,30H,5-8,11-17H2,1-4H3,(H,32,33). The van der Waals surface area contributed by atoms with Gasteiger partial charge in [0, 0.05) is 11.5 Å². The minimum absolute atomic E-state index is 0.0127. The van der Waals surface area contributed by atoms with Gasteiger partial charge in [0.25, 0.3) is 0 Å². The van der Waals surface area contributed by atoms with Gasteiger partial charge in [-0.25, -0.2) is 4.79 Å². The molecule has 5 saturated carbocycles. The number of rotatable bonds is 3. The number of aliphatic hydroxyl groups excluding tert-OH is 1. The molecule has 0 radical (unpaired) electrons. The largest absolute Gasteiger partial charge is 0.478 e. The molecule has 5 fully saturated rings. The number of hydrogen-bond donors (Lipinski definition) is 2. The average Bonchev–Trinajstić information content (AvgIpc) is 3.20. The maximum Gasteiger partial charge on any atom is 0.328 e. The van der Waals surface area contributed by atoms with Crippen molar-refractivity contribution in [2.45, 2.75) is 104 Å². The molecule has 0 spiro atoms. The van der Waals surface area contributed by atoms with Crippen LogP contribution >= 0.6 is 0 Å². The van der Waals surface area contributed by atoms with Crippen molar-refractivity contribution in [1.82, 2.24) is 0 Å². The third-order valence-corrected chi connectivity index (χ3v) is 12.4. The summed E-state index contributed by atoms with van der Waals surface area (Å²) in [7, 11) is 0. The lowest BCUT2D eigenvalue weighted by molar-refractivity contribution is -0.214. The SMILES string of the molecule is CC1(C)C(O)CCC2(C)C1CCC1(C)C3CCC4(C(=O)C=CC(=O)O)CCCC4C3CCC12. The molecule has 9 atom stereocenters. The van der Waals surface area contributed by atoms with E-state index in [2.05, 4.69) is 27.7 Å². The van der Waals surface area contributed by atoms with Gasteiger partial charge in [0.05, 0.1) is 6.10 Å². The molecule has 0 aromatic heterocycles. The lowest BCUT2D eigenvalue weighted by Crippen LogP contribution is -2.63. The van der Waals surface area contributed by atoms with Crippen LogP contribution in [0.25, 0.3) is 0 Å². The number of carboxylic acids is 1. The lowest BCUT2D eigenvalue weighted by Gasteiger charge is -2.69. The first kappa shape index (κ1) is 23.6. The van der Waals surface area contributed by atoms with Crippen LogP contribution in [-0.2, 0) is 9.59 Å². The Kier molecular flexibility index (Phi) is 5.48. The number of carbonyl (C=O) groups is 2. The lowest BCUT2D eigenvalue weighted by atomic mass is 9.36. The molecule has 0 heterocycles. The molecule has 0 aromatic carbocycles. The Bertz CT molecular complexity index is 860. The Morgan fingerprint density at radius 3 is 2.21 bits per heavy atom. The molecule has 0 aliphatic heterocycles. The smallest absolute Gasteiger partial charge is 0.328 e. The van der Waals surface area contributed by atoms with Crippen molar-refractivity contribution in [1.29, 1.82) is 0 Å². The second-order valence-electron chi connectivity index (χ2n) is 13.6. The number of carboxylic acid groups (broad SMARTS) is 1. The summed E-state index contributed by atoms with van der Waals surface area (Å²) in [5.74, 6) is 2.05. The molecule has 184 valence electrons. The van der Waals surface area contributed by atoms with Gasteiger partial charge in [-0.05, 0) is 116 Å². The molecule has 5 rings (SSSR count). The second-order valence-corrected chi connectivity index (χ2v) is 13.6. The fourth-order valence-corrected chi connectivity index (χ4v) is 10.9. The first-order chi connectivity index (χ1) is 15.5. The van der Waals surface area contributed by atoms with Gasteiger partial charge in [-0.1, -0.05) is 34.1 Å². The highest BCUT2D eigenvalue weighted by molar-refractivity contribution is 5.99. The molecule has 0 bridgehead atoms. The van der Waals surface area contributed by atoms with E-state index in [9.17, 15) is 14.7 Å². The van der Waals surface area contributed by atoms with Crippen molar-refractivity contribution in [2.75, 3.05) is 0 Å². The summed E-state index contributed by atoms with van der Waals surface area (Å²) >= 11 is 0. The summed E-state index contributed by atoms with van der Waals surface area (Å²) in [6, 6.07) is 0. The predicted octanol–water partition coefficient (Wildman–Crippen LogP) is 6.02. The highest BCUT2D eigenvalue weighted by Crippen LogP contribution is 2.73. The third kappa shape index (κ3) is 3.18. The quantitative estimate of drug-likeness (QED) is 0.509. The maximum atomic E-state index is 13.3. The van der Waals surface area contributed by atoms with Gasteiger partial charge >= 0.3 is 5.97 Å². The van der Waals surface area contributed by atoms with Crippen LogP contribution in [0.3, 0.4) is 0 Å². The van der Waals surface area contributed by atoms with Gasteiger partial charge in [-0.15, -0.1) is 0 Å². The van der Waals surface area contributed by atoms with E-state index >= 15 is 0 Å². The predicted molar refractivity (Wildman–Crippen MR) is 128 cm³/mol. The van der Waals surface area contributed by atoms with Gasteiger partial charge in [-0.3, -0.25) is 4.79 Å². The van der Waals surface area contributed by atoms with E-state index in [1.165, 1.54) is 31.8 Å². The van der Waals surface area contributed by atoms with Crippen LogP contribution in [0.5, 0.6) is 0 Å². The van der Waals surface area contributed by atoms with Crippen molar-refractivity contribution >= 4 is 11.8 Å². The van der Waals surface area contributed by atoms with Crippen molar-refractivity contribution in [3.63, 3.8) is 0 Å². The highest BCUT2D eigenvalue weighted by Gasteiger charge is 2.66. The van der Waals surface area contributed by atoms with Crippen molar-refractivity contribution in [3.8, 4) is 0 Å². The number of hydrogen-bond acceptors (Lipinski definition) is 3. The first-order valence-electron chi connectivity index (χ1n) is 13.6. The van der Waals surface area contributed by atoms with E-state index in [4.69, 9.17) is 5.11 Å². The summed E-state index contributed by atoms with van der Waals surface area (Å²) in [4.78, 5) is 24.4. The van der Waals surface area contributed by atoms with Gasteiger partial charge in [0.15, 0.2) is 5.78 Å². The minimum Gasteiger partial charge on any atom is -0.478 e. The summed E-state index contributed by atoms with van der Waals surface area (Å²) in [6.07, 6.45) is 14.5. The number of aliphatic carboxylic acids is 1. The molecule has 0 amide bonds. The van der Waals surface area contributed by atoms with Crippen molar-refractivity contribution < 1.29 is 19.8 Å². The normalized spacial score (nSPS) is 50.7. The average molecular weight is 457 g/mol. The van der Waals surface area contributed by atoms with Crippen LogP contribution in [0, 0.1) is 51.2 Å². The molecule has 33 heavy (non-hydrogen) atoms. The van der Waals surface area contributed by atoms with E-state index in [-0.39, 0.29) is 22.7 Å². The molecule has 5 aliphatic rings. The summed E-state index contributed by atoms with van der Waals surface area (Å²) in [6.45, 7) is 9.74. The van der Waals surface area contributed by atoms with E-state index in [1.54, 1.807) is 0 Å². The first-order valence-corrected chi connectivity index (χ1v) is 13.6. The molecule has 9 unspecified atom stereocenters. The van der Waals surface area contributed by atoms with Crippen LogP contribution in [0.4, 0.5) is 0 Å². The zero-order valence-corrected chi connectivity index (χ0v) is 21.1. The third-order valence-electron chi connectivity index (χ3n) is 12.4. The van der Waals surface area contributed by atoms with Gasteiger partial charge in [-0.2, -0.15) is 0 Å². The molecule has 4 heteroatoms. The highest BCUT2D eigenvalue weighted by atomic mass is 16.4. The van der Waals surface area contributed by atoms with Gasteiger partial charge in [0.1, 0.15) is 0 Å². The minimum atomic E-state index is -1.03. The van der Waals surface area contributed by atoms with E-state index in [0.29, 0.717) is 40.4 Å². The molecule has 2 N–H and O–H groups in total. The molecule has 4 nitrogen and oxygen atoms in total. The molecule has 0 saturated heterocycles. The summed E-state index contributed by atoms with van der Waals surface area (Å²) in [5.41, 5.74) is 0.293. The van der Waals surface area contributed by atoms with Crippen LogP contribution in [-0.4, -0.2) is 28.1 Å². The van der Waals surface area contributed by atoms with Crippen LogP contribution in [0.15, 0.2) is 12.2 Å². The van der Waals surface area contributed by atoms with Gasteiger partial charge < -0.3 is 10.2 Å². The summed E-state index contributed by atoms with van der Waals surface area (Å²) in [5, 5.41) is 19.9. The van der Waals surface area contributed by atoms with Crippen LogP contribution < -0.4 is 0 Å². The Hall–Kier alpha value is -1.16. The van der Waals surface area contributed by atoms with Gasteiger partial charge in [0.2, 0.25) is 0 Å². The Morgan fingerprint density at radius 1 is 0.758 bits per heavy atom. The Labute approximate surface area is 199 Å². The van der Waals surface area contributed by atoms with E-state index in [0.717, 1.165) is 51.0 Å². The Morgan fingerprint density at radius 2 is 1.48 bits per heavy atom. The number of carbonyl (C=O) groups excluding carboxylic acids is 1. The topological polar surface area (TPSA) is 74.6 Å². The molecular weight excluding hydrogens is 412 g/mol. The monoisotopic (exact) mass is 456 g/mol. The number of fused-ring (bicyclic) bond motifs is 7. The Balaban J connectivity index is 1.44. The second kappa shape index (κ2) is 7.67. The number of aliphatic hydroxyl groups is 1. The van der Waals surface area contributed by atoms with E-state index < -0.39 is 5.97 Å². The number of ketones is 1. The number of allylic oxidation sites excluding steroid dienone is 1.